The van der Waals surface area contributed by atoms with E-state index in [-0.39, 0.29) is 5.91 Å². The lowest BCUT2D eigenvalue weighted by Gasteiger charge is -2.21. The predicted octanol–water partition coefficient (Wildman–Crippen LogP) is 4.06. The molecule has 0 spiro atoms. The van der Waals surface area contributed by atoms with Crippen molar-refractivity contribution in [2.75, 3.05) is 7.05 Å². The lowest BCUT2D eigenvalue weighted by atomic mass is 10.3. The molecule has 0 fully saturated rings. The molecule has 0 aliphatic rings. The summed E-state index contributed by atoms with van der Waals surface area (Å²) in [6.07, 6.45) is 3.14. The molecule has 1 unspecified atom stereocenters. The van der Waals surface area contributed by atoms with Gasteiger partial charge in [0.1, 0.15) is 5.75 Å². The summed E-state index contributed by atoms with van der Waals surface area (Å²) in [5.41, 5.74) is 1.94. The highest BCUT2D eigenvalue weighted by atomic mass is 79.9. The smallest absolute Gasteiger partial charge is 0.263 e. The van der Waals surface area contributed by atoms with Gasteiger partial charge in [-0.25, -0.2) is 4.68 Å². The molecule has 0 N–H and O–H groups in total. The molecule has 1 heterocycles. The molecule has 26 heavy (non-hydrogen) atoms. The Morgan fingerprint density at radius 2 is 1.88 bits per heavy atom. The zero-order valence-corrected chi connectivity index (χ0v) is 16.3. The number of nitrogens with zero attached hydrogens (tertiary/aromatic N) is 3. The number of halogens is 1. The van der Waals surface area contributed by atoms with Crippen LogP contribution in [0.2, 0.25) is 0 Å². The third-order valence-electron chi connectivity index (χ3n) is 3.93. The Bertz CT molecular complexity index is 862. The van der Waals surface area contributed by atoms with Gasteiger partial charge in [-0.3, -0.25) is 4.79 Å². The number of hydrogen-bond acceptors (Lipinski definition) is 3. The number of ether oxygens (including phenoxy) is 1. The van der Waals surface area contributed by atoms with Gasteiger partial charge >= 0.3 is 0 Å². The molecule has 5 nitrogen and oxygen atoms in total. The fraction of sp³-hybridized carbons (Fsp3) is 0.200. The highest BCUT2D eigenvalue weighted by Crippen LogP contribution is 2.18. The molecule has 2 aromatic carbocycles. The molecule has 1 aromatic heterocycles. The first-order valence-corrected chi connectivity index (χ1v) is 9.08. The number of likely N-dealkylation sites (N-methyl/N-ethyl adjacent to an activating group) is 1. The van der Waals surface area contributed by atoms with Crippen LogP contribution in [0.25, 0.3) is 5.69 Å². The zero-order valence-electron chi connectivity index (χ0n) is 14.7. The lowest BCUT2D eigenvalue weighted by molar-refractivity contribution is -0.137. The van der Waals surface area contributed by atoms with Crippen molar-refractivity contribution in [3.8, 4) is 11.4 Å². The molecule has 0 aliphatic heterocycles. The van der Waals surface area contributed by atoms with E-state index in [1.165, 1.54) is 0 Å². The number of aromatic nitrogens is 2. The SMILES string of the molecule is CC(Oc1ccc(Br)cc1)C(=O)N(C)Cc1cnn(-c2ccccc2)c1. The molecule has 3 rings (SSSR count). The van der Waals surface area contributed by atoms with E-state index in [1.54, 1.807) is 29.7 Å². The number of carbonyl (C=O) groups excluding carboxylic acids is 1. The number of hydrogen-bond donors (Lipinski definition) is 0. The van der Waals surface area contributed by atoms with Gasteiger partial charge in [-0.2, -0.15) is 5.10 Å². The minimum absolute atomic E-state index is 0.0830. The Balaban J connectivity index is 1.60. The molecule has 134 valence electrons. The maximum Gasteiger partial charge on any atom is 0.263 e. The van der Waals surface area contributed by atoms with Crippen molar-refractivity contribution in [3.63, 3.8) is 0 Å². The second kappa shape index (κ2) is 8.19. The molecule has 0 aliphatic carbocycles. The first-order valence-electron chi connectivity index (χ1n) is 8.29. The molecule has 0 saturated heterocycles. The van der Waals surface area contributed by atoms with Crippen LogP contribution in [-0.2, 0) is 11.3 Å². The molecule has 0 bridgehead atoms. The zero-order chi connectivity index (χ0) is 18.5. The molecule has 0 saturated carbocycles. The first-order chi connectivity index (χ1) is 12.5. The number of amides is 1. The van der Waals surface area contributed by atoms with Crippen LogP contribution >= 0.6 is 15.9 Å². The van der Waals surface area contributed by atoms with E-state index in [9.17, 15) is 4.79 Å². The summed E-state index contributed by atoms with van der Waals surface area (Å²) in [7, 11) is 1.77. The summed E-state index contributed by atoms with van der Waals surface area (Å²) in [4.78, 5) is 14.2. The van der Waals surface area contributed by atoms with Crippen LogP contribution in [0.1, 0.15) is 12.5 Å². The number of rotatable bonds is 6. The average Bonchev–Trinajstić information content (AvgIpc) is 3.12. The van der Waals surface area contributed by atoms with Crippen molar-refractivity contribution in [2.24, 2.45) is 0 Å². The van der Waals surface area contributed by atoms with Crippen LogP contribution in [0.4, 0.5) is 0 Å². The summed E-state index contributed by atoms with van der Waals surface area (Å²) in [5.74, 6) is 0.583. The van der Waals surface area contributed by atoms with Crippen LogP contribution in [0.3, 0.4) is 0 Å². The molecule has 1 amide bonds. The Kier molecular flexibility index (Phi) is 5.73. The number of carbonyl (C=O) groups is 1. The topological polar surface area (TPSA) is 47.4 Å². The van der Waals surface area contributed by atoms with Gasteiger partial charge < -0.3 is 9.64 Å². The van der Waals surface area contributed by atoms with Gasteiger partial charge in [0.15, 0.2) is 6.10 Å². The summed E-state index contributed by atoms with van der Waals surface area (Å²) in [5, 5.41) is 4.36. The summed E-state index contributed by atoms with van der Waals surface area (Å²) >= 11 is 3.38. The second-order valence-corrected chi connectivity index (χ2v) is 6.95. The van der Waals surface area contributed by atoms with Gasteiger partial charge in [-0.05, 0) is 43.3 Å². The number of para-hydroxylation sites is 1. The summed E-state index contributed by atoms with van der Waals surface area (Å²) < 4.78 is 8.50. The Labute approximate surface area is 161 Å². The van der Waals surface area contributed by atoms with Gasteiger partial charge in [0, 0.05) is 29.8 Å². The van der Waals surface area contributed by atoms with E-state index >= 15 is 0 Å². The van der Waals surface area contributed by atoms with Crippen molar-refractivity contribution in [2.45, 2.75) is 19.6 Å². The first kappa shape index (κ1) is 18.2. The maximum atomic E-state index is 12.6. The predicted molar refractivity (Wildman–Crippen MR) is 104 cm³/mol. The largest absolute Gasteiger partial charge is 0.481 e. The van der Waals surface area contributed by atoms with Crippen LogP contribution in [0.5, 0.6) is 5.75 Å². The van der Waals surface area contributed by atoms with E-state index in [4.69, 9.17) is 4.74 Å². The van der Waals surface area contributed by atoms with Gasteiger partial charge in [0.25, 0.3) is 5.91 Å². The molecular weight excluding hydrogens is 394 g/mol. The minimum Gasteiger partial charge on any atom is -0.481 e. The molecular formula is C20H20BrN3O2. The number of benzene rings is 2. The van der Waals surface area contributed by atoms with E-state index in [0.717, 1.165) is 15.7 Å². The van der Waals surface area contributed by atoms with Gasteiger partial charge in [0.2, 0.25) is 0 Å². The Hall–Kier alpha value is -2.60. The van der Waals surface area contributed by atoms with Crippen molar-refractivity contribution in [1.82, 2.24) is 14.7 Å². The second-order valence-electron chi connectivity index (χ2n) is 6.04. The van der Waals surface area contributed by atoms with Crippen molar-refractivity contribution in [3.05, 3.63) is 77.0 Å². The van der Waals surface area contributed by atoms with Gasteiger partial charge in [0.05, 0.1) is 11.9 Å². The molecule has 6 heteroatoms. The van der Waals surface area contributed by atoms with E-state index in [2.05, 4.69) is 21.0 Å². The third-order valence-corrected chi connectivity index (χ3v) is 4.46. The van der Waals surface area contributed by atoms with Gasteiger partial charge in [-0.15, -0.1) is 0 Å². The van der Waals surface area contributed by atoms with Gasteiger partial charge in [-0.1, -0.05) is 34.1 Å². The van der Waals surface area contributed by atoms with Crippen molar-refractivity contribution >= 4 is 21.8 Å². The average molecular weight is 414 g/mol. The maximum absolute atomic E-state index is 12.6. The fourth-order valence-corrected chi connectivity index (χ4v) is 2.86. The summed E-state index contributed by atoms with van der Waals surface area (Å²) in [6.45, 7) is 2.23. The van der Waals surface area contributed by atoms with Crippen LogP contribution in [0, 0.1) is 0 Å². The lowest BCUT2D eigenvalue weighted by Crippen LogP contribution is -2.37. The van der Waals surface area contributed by atoms with E-state index < -0.39 is 6.10 Å². The molecule has 0 radical (unpaired) electrons. The normalized spacial score (nSPS) is 11.8. The highest BCUT2D eigenvalue weighted by molar-refractivity contribution is 9.10. The van der Waals surface area contributed by atoms with Crippen molar-refractivity contribution < 1.29 is 9.53 Å². The Morgan fingerprint density at radius 3 is 2.58 bits per heavy atom. The van der Waals surface area contributed by atoms with E-state index in [1.807, 2.05) is 60.8 Å². The minimum atomic E-state index is -0.564. The third kappa shape index (κ3) is 4.52. The van der Waals surface area contributed by atoms with E-state index in [0.29, 0.717) is 12.3 Å². The van der Waals surface area contributed by atoms with Crippen LogP contribution in [0.15, 0.2) is 71.5 Å². The van der Waals surface area contributed by atoms with Crippen LogP contribution < -0.4 is 4.74 Å². The standard InChI is InChI=1S/C20H20BrN3O2/c1-15(26-19-10-8-17(21)9-11-19)20(25)23(2)13-16-12-22-24(14-16)18-6-4-3-5-7-18/h3-12,14-15H,13H2,1-2H3. The van der Waals surface area contributed by atoms with Crippen LogP contribution in [-0.4, -0.2) is 33.7 Å². The summed E-state index contributed by atoms with van der Waals surface area (Å²) in [6, 6.07) is 17.3. The highest BCUT2D eigenvalue weighted by Gasteiger charge is 2.20. The molecule has 3 aromatic rings. The molecule has 1 atom stereocenters. The quantitative estimate of drug-likeness (QED) is 0.611. The monoisotopic (exact) mass is 413 g/mol. The van der Waals surface area contributed by atoms with Crippen molar-refractivity contribution in [1.29, 1.82) is 0 Å². The Morgan fingerprint density at radius 1 is 1.19 bits per heavy atom. The fourth-order valence-electron chi connectivity index (χ4n) is 2.59.